The first-order valence-corrected chi connectivity index (χ1v) is 8.46. The average molecular weight is 346 g/mol. The molecule has 0 bridgehead atoms. The summed E-state index contributed by atoms with van der Waals surface area (Å²) in [6, 6.07) is 2.79. The first-order valence-electron chi connectivity index (χ1n) is 7.64. The highest BCUT2D eigenvalue weighted by molar-refractivity contribution is 8.00. The number of aliphatic hydroxyl groups is 1. The summed E-state index contributed by atoms with van der Waals surface area (Å²) in [7, 11) is 0. The Morgan fingerprint density at radius 2 is 1.91 bits per heavy atom. The molecule has 0 spiro atoms. The number of hydrogen-bond donors (Lipinski definition) is 1. The molecule has 0 amide bonds. The molecular formula is C16H17F3O3S. The highest BCUT2D eigenvalue weighted by atomic mass is 32.2. The number of ketones is 1. The molecule has 23 heavy (non-hydrogen) atoms. The first-order chi connectivity index (χ1) is 10.8. The van der Waals surface area contributed by atoms with E-state index in [0.29, 0.717) is 30.6 Å². The number of rotatable bonds is 3. The van der Waals surface area contributed by atoms with Gasteiger partial charge >= 0.3 is 5.51 Å². The van der Waals surface area contributed by atoms with Crippen molar-refractivity contribution in [3.63, 3.8) is 0 Å². The fourth-order valence-electron chi connectivity index (χ4n) is 3.22. The molecule has 3 nitrogen and oxygen atoms in total. The second kappa shape index (κ2) is 6.36. The van der Waals surface area contributed by atoms with Crippen LogP contribution >= 0.6 is 11.8 Å². The highest BCUT2D eigenvalue weighted by Crippen LogP contribution is 2.44. The topological polar surface area (TPSA) is 46.5 Å². The summed E-state index contributed by atoms with van der Waals surface area (Å²) < 4.78 is 43.8. The first kappa shape index (κ1) is 16.6. The maximum atomic E-state index is 12.6. The number of benzene rings is 1. The van der Waals surface area contributed by atoms with E-state index in [0.717, 1.165) is 12.8 Å². The predicted molar refractivity (Wildman–Crippen MR) is 79.9 cm³/mol. The van der Waals surface area contributed by atoms with Crippen molar-refractivity contribution in [1.29, 1.82) is 0 Å². The quantitative estimate of drug-likeness (QED) is 0.837. The molecule has 0 radical (unpaired) electrons. The third-order valence-corrected chi connectivity index (χ3v) is 5.08. The Morgan fingerprint density at radius 1 is 1.17 bits per heavy atom. The molecule has 2 atom stereocenters. The Hall–Kier alpha value is -1.21. The molecule has 2 unspecified atom stereocenters. The molecule has 2 aliphatic carbocycles. The van der Waals surface area contributed by atoms with E-state index in [1.54, 1.807) is 0 Å². The fraction of sp³-hybridized carbons (Fsp3) is 0.562. The Kier molecular flexibility index (Phi) is 4.60. The van der Waals surface area contributed by atoms with E-state index in [1.165, 1.54) is 12.1 Å². The van der Waals surface area contributed by atoms with Crippen LogP contribution in [0, 0.1) is 0 Å². The van der Waals surface area contributed by atoms with Gasteiger partial charge in [-0.3, -0.25) is 4.79 Å². The molecule has 1 N–H and O–H groups in total. The lowest BCUT2D eigenvalue weighted by Gasteiger charge is -2.29. The maximum Gasteiger partial charge on any atom is 0.446 e. The van der Waals surface area contributed by atoms with Crippen LogP contribution in [0.15, 0.2) is 17.0 Å². The number of thioether (sulfide) groups is 1. The van der Waals surface area contributed by atoms with E-state index in [2.05, 4.69) is 0 Å². The summed E-state index contributed by atoms with van der Waals surface area (Å²) in [4.78, 5) is 11.9. The lowest BCUT2D eigenvalue weighted by molar-refractivity contribution is -0.0328. The smallest absolute Gasteiger partial charge is 0.446 e. The van der Waals surface area contributed by atoms with Gasteiger partial charge in [0.05, 0.1) is 6.10 Å². The largest absolute Gasteiger partial charge is 0.487 e. The summed E-state index contributed by atoms with van der Waals surface area (Å²) in [5.74, 6) is 0.157. The van der Waals surface area contributed by atoms with Gasteiger partial charge in [-0.25, -0.2) is 0 Å². The molecule has 1 aromatic carbocycles. The van der Waals surface area contributed by atoms with E-state index >= 15 is 0 Å². The zero-order valence-corrected chi connectivity index (χ0v) is 13.2. The summed E-state index contributed by atoms with van der Waals surface area (Å²) in [6.45, 7) is 0. The van der Waals surface area contributed by atoms with Gasteiger partial charge in [0.15, 0.2) is 5.78 Å². The molecular weight excluding hydrogens is 329 g/mol. The monoisotopic (exact) mass is 346 g/mol. The zero-order valence-electron chi connectivity index (χ0n) is 12.4. The fourth-order valence-corrected chi connectivity index (χ4v) is 3.95. The number of halogens is 3. The second-order valence-electron chi connectivity index (χ2n) is 5.89. The molecule has 126 valence electrons. The molecule has 2 aliphatic rings. The Bertz CT molecular complexity index is 615. The van der Waals surface area contributed by atoms with Crippen LogP contribution in [0.4, 0.5) is 13.2 Å². The van der Waals surface area contributed by atoms with Crippen LogP contribution < -0.4 is 4.74 Å². The average Bonchev–Trinajstić information content (AvgIpc) is 2.85. The summed E-state index contributed by atoms with van der Waals surface area (Å²) >= 11 is -0.261. The van der Waals surface area contributed by atoms with E-state index in [1.807, 2.05) is 0 Å². The number of aliphatic hydroxyl groups excluding tert-OH is 1. The van der Waals surface area contributed by atoms with Gasteiger partial charge in [-0.15, -0.1) is 0 Å². The summed E-state index contributed by atoms with van der Waals surface area (Å²) in [5.41, 5.74) is -3.75. The van der Waals surface area contributed by atoms with Crippen LogP contribution in [-0.4, -0.2) is 28.6 Å². The minimum Gasteiger partial charge on any atom is -0.487 e. The Labute approximate surface area is 136 Å². The van der Waals surface area contributed by atoms with Crippen molar-refractivity contribution in [2.75, 3.05) is 0 Å². The van der Waals surface area contributed by atoms with Crippen LogP contribution in [0.5, 0.6) is 5.75 Å². The number of alkyl halides is 3. The SMILES string of the molecule is O=C1CCc2c(OC3CCCCC3O)ccc(SC(F)(F)F)c21. The number of ether oxygens (including phenoxy) is 1. The second-order valence-corrected chi connectivity index (χ2v) is 7.00. The van der Waals surface area contributed by atoms with Crippen molar-refractivity contribution in [3.8, 4) is 5.75 Å². The van der Waals surface area contributed by atoms with Crippen molar-refractivity contribution < 1.29 is 27.8 Å². The molecule has 3 rings (SSSR count). The third kappa shape index (κ3) is 3.66. The minimum absolute atomic E-state index is 0.0634. The van der Waals surface area contributed by atoms with Gasteiger partial charge in [0.25, 0.3) is 0 Å². The normalized spacial score (nSPS) is 24.6. The molecule has 1 aromatic rings. The van der Waals surface area contributed by atoms with Crippen LogP contribution in [0.3, 0.4) is 0 Å². The number of Topliss-reactive ketones (excluding diaryl/α,β-unsaturated/α-hetero) is 1. The zero-order chi connectivity index (χ0) is 16.6. The van der Waals surface area contributed by atoms with Gasteiger partial charge in [0, 0.05) is 22.4 Å². The van der Waals surface area contributed by atoms with Crippen molar-refractivity contribution in [2.24, 2.45) is 0 Å². The molecule has 0 heterocycles. The van der Waals surface area contributed by atoms with Crippen LogP contribution in [0.2, 0.25) is 0 Å². The number of fused-ring (bicyclic) bond motifs is 1. The van der Waals surface area contributed by atoms with Gasteiger partial charge in [0.1, 0.15) is 11.9 Å². The van der Waals surface area contributed by atoms with Crippen LogP contribution in [-0.2, 0) is 6.42 Å². The standard InChI is InChI=1S/C16H17F3O3S/c17-16(18,19)23-14-8-7-12(9-5-6-11(21)15(9)14)22-13-4-2-1-3-10(13)20/h7-8,10,13,20H,1-6H2. The summed E-state index contributed by atoms with van der Waals surface area (Å²) in [6.07, 6.45) is 2.93. The van der Waals surface area contributed by atoms with Crippen molar-refractivity contribution in [2.45, 2.75) is 61.1 Å². The molecule has 7 heteroatoms. The molecule has 0 saturated heterocycles. The van der Waals surface area contributed by atoms with E-state index < -0.39 is 11.6 Å². The lowest BCUT2D eigenvalue weighted by Crippen LogP contribution is -2.34. The molecule has 1 saturated carbocycles. The number of carbonyl (C=O) groups excluding carboxylic acids is 1. The number of hydrogen-bond acceptors (Lipinski definition) is 4. The molecule has 1 fully saturated rings. The highest BCUT2D eigenvalue weighted by Gasteiger charge is 2.35. The van der Waals surface area contributed by atoms with E-state index in [4.69, 9.17) is 4.74 Å². The van der Waals surface area contributed by atoms with Gasteiger partial charge < -0.3 is 9.84 Å². The van der Waals surface area contributed by atoms with Gasteiger partial charge in [-0.05, 0) is 49.6 Å². The lowest BCUT2D eigenvalue weighted by atomic mass is 9.94. The van der Waals surface area contributed by atoms with Crippen molar-refractivity contribution in [1.82, 2.24) is 0 Å². The number of carbonyl (C=O) groups is 1. The Balaban J connectivity index is 1.89. The third-order valence-electron chi connectivity index (χ3n) is 4.28. The maximum absolute atomic E-state index is 12.6. The molecule has 0 aliphatic heterocycles. The van der Waals surface area contributed by atoms with Crippen molar-refractivity contribution in [3.05, 3.63) is 23.3 Å². The van der Waals surface area contributed by atoms with Gasteiger partial charge in [0.2, 0.25) is 0 Å². The summed E-state index contributed by atoms with van der Waals surface area (Å²) in [5, 5.41) is 9.99. The van der Waals surface area contributed by atoms with Gasteiger partial charge in [-0.2, -0.15) is 13.2 Å². The van der Waals surface area contributed by atoms with Gasteiger partial charge in [-0.1, -0.05) is 6.42 Å². The van der Waals surface area contributed by atoms with E-state index in [9.17, 15) is 23.1 Å². The van der Waals surface area contributed by atoms with E-state index in [-0.39, 0.29) is 40.5 Å². The minimum atomic E-state index is -4.43. The Morgan fingerprint density at radius 3 is 2.61 bits per heavy atom. The predicted octanol–water partition coefficient (Wildman–Crippen LogP) is 4.11. The van der Waals surface area contributed by atoms with Crippen molar-refractivity contribution >= 4 is 17.5 Å². The van der Waals surface area contributed by atoms with Crippen LogP contribution in [0.25, 0.3) is 0 Å². The molecule has 0 aromatic heterocycles. The van der Waals surface area contributed by atoms with Crippen LogP contribution in [0.1, 0.15) is 48.0 Å².